The van der Waals surface area contributed by atoms with Gasteiger partial charge in [-0.05, 0) is 44.2 Å². The van der Waals surface area contributed by atoms with Crippen LogP contribution in [0.3, 0.4) is 0 Å². The normalized spacial score (nSPS) is 19.3. The fraction of sp³-hybridized carbons (Fsp3) is 0.300. The van der Waals surface area contributed by atoms with Gasteiger partial charge in [0.05, 0.1) is 5.69 Å². The number of amides is 1. The first-order chi connectivity index (χ1) is 11.9. The van der Waals surface area contributed by atoms with Crippen LogP contribution >= 0.6 is 15.9 Å². The van der Waals surface area contributed by atoms with Gasteiger partial charge in [-0.15, -0.1) is 0 Å². The highest BCUT2D eigenvalue weighted by molar-refractivity contribution is 9.10. The number of carbonyl (C=O) groups excluding carboxylic acids is 2. The van der Waals surface area contributed by atoms with Crippen LogP contribution in [0.2, 0.25) is 0 Å². The van der Waals surface area contributed by atoms with Gasteiger partial charge in [0.1, 0.15) is 6.10 Å². The molecule has 2 unspecified atom stereocenters. The SMILES string of the molecule is CC(=O)OC1CC(C)N(C(=O)c2ccc(Br)cc2)c2ccc(C)cc21. The Kier molecular flexibility index (Phi) is 4.95. The smallest absolute Gasteiger partial charge is 0.303 e. The molecule has 2 aromatic carbocycles. The molecular formula is C20H20BrNO3. The highest BCUT2D eigenvalue weighted by Gasteiger charge is 2.35. The molecule has 5 heteroatoms. The minimum absolute atomic E-state index is 0.0496. The van der Waals surface area contributed by atoms with Crippen molar-refractivity contribution < 1.29 is 14.3 Å². The van der Waals surface area contributed by atoms with Crippen molar-refractivity contribution in [2.75, 3.05) is 4.90 Å². The van der Waals surface area contributed by atoms with E-state index in [9.17, 15) is 9.59 Å². The van der Waals surface area contributed by atoms with Gasteiger partial charge in [0.2, 0.25) is 0 Å². The minimum Gasteiger partial charge on any atom is -0.458 e. The van der Waals surface area contributed by atoms with E-state index in [1.807, 2.05) is 56.3 Å². The molecule has 1 aliphatic heterocycles. The molecule has 0 aromatic heterocycles. The first-order valence-corrected chi connectivity index (χ1v) is 9.03. The molecular weight excluding hydrogens is 382 g/mol. The van der Waals surface area contributed by atoms with E-state index >= 15 is 0 Å². The Morgan fingerprint density at radius 1 is 1.16 bits per heavy atom. The molecule has 0 saturated carbocycles. The summed E-state index contributed by atoms with van der Waals surface area (Å²) in [5, 5.41) is 0. The number of hydrogen-bond acceptors (Lipinski definition) is 3. The van der Waals surface area contributed by atoms with Gasteiger partial charge in [-0.25, -0.2) is 0 Å². The van der Waals surface area contributed by atoms with Gasteiger partial charge in [0, 0.05) is 35.0 Å². The number of nitrogens with zero attached hydrogens (tertiary/aromatic N) is 1. The zero-order valence-electron chi connectivity index (χ0n) is 14.5. The Hall–Kier alpha value is -2.14. The van der Waals surface area contributed by atoms with Gasteiger partial charge < -0.3 is 9.64 Å². The molecule has 0 spiro atoms. The fourth-order valence-corrected chi connectivity index (χ4v) is 3.55. The van der Waals surface area contributed by atoms with Crippen LogP contribution in [0.5, 0.6) is 0 Å². The highest BCUT2D eigenvalue weighted by Crippen LogP contribution is 2.40. The van der Waals surface area contributed by atoms with Crippen LogP contribution < -0.4 is 4.90 Å². The molecule has 0 saturated heterocycles. The number of halogens is 1. The third-order valence-electron chi connectivity index (χ3n) is 4.40. The predicted molar refractivity (Wildman–Crippen MR) is 101 cm³/mol. The number of ether oxygens (including phenoxy) is 1. The van der Waals surface area contributed by atoms with Crippen LogP contribution in [0.1, 0.15) is 47.9 Å². The Morgan fingerprint density at radius 3 is 2.48 bits per heavy atom. The molecule has 1 heterocycles. The van der Waals surface area contributed by atoms with E-state index in [2.05, 4.69) is 15.9 Å². The molecule has 0 N–H and O–H groups in total. The zero-order valence-corrected chi connectivity index (χ0v) is 16.0. The molecule has 2 atom stereocenters. The molecule has 1 amide bonds. The summed E-state index contributed by atoms with van der Waals surface area (Å²) in [4.78, 5) is 26.4. The summed E-state index contributed by atoms with van der Waals surface area (Å²) in [6.07, 6.45) is 0.259. The topological polar surface area (TPSA) is 46.6 Å². The van der Waals surface area contributed by atoms with Crippen molar-refractivity contribution in [1.82, 2.24) is 0 Å². The van der Waals surface area contributed by atoms with Gasteiger partial charge in [-0.3, -0.25) is 9.59 Å². The Morgan fingerprint density at radius 2 is 1.84 bits per heavy atom. The fourth-order valence-electron chi connectivity index (χ4n) is 3.28. The maximum atomic E-state index is 13.1. The minimum atomic E-state index is -0.323. The van der Waals surface area contributed by atoms with Crippen molar-refractivity contribution in [3.8, 4) is 0 Å². The largest absolute Gasteiger partial charge is 0.458 e. The van der Waals surface area contributed by atoms with E-state index in [1.54, 1.807) is 4.90 Å². The van der Waals surface area contributed by atoms with Crippen LogP contribution in [0, 0.1) is 6.92 Å². The Bertz CT molecular complexity index is 816. The van der Waals surface area contributed by atoms with Crippen molar-refractivity contribution in [3.05, 3.63) is 63.6 Å². The van der Waals surface area contributed by atoms with Crippen LogP contribution in [-0.4, -0.2) is 17.9 Å². The van der Waals surface area contributed by atoms with E-state index in [4.69, 9.17) is 4.74 Å². The predicted octanol–water partition coefficient (Wildman–Crippen LogP) is 4.80. The molecule has 4 nitrogen and oxygen atoms in total. The standard InChI is InChI=1S/C20H20BrNO3/c1-12-4-9-18-17(10-12)19(25-14(3)23)11-13(2)22(18)20(24)15-5-7-16(21)8-6-15/h4-10,13,19H,11H2,1-3H3. The van der Waals surface area contributed by atoms with Crippen LogP contribution in [0.4, 0.5) is 5.69 Å². The molecule has 0 bridgehead atoms. The quantitative estimate of drug-likeness (QED) is 0.678. The highest BCUT2D eigenvalue weighted by atomic mass is 79.9. The third-order valence-corrected chi connectivity index (χ3v) is 4.93. The van der Waals surface area contributed by atoms with Crippen molar-refractivity contribution >= 4 is 33.5 Å². The summed E-state index contributed by atoms with van der Waals surface area (Å²) in [6, 6.07) is 13.2. The zero-order chi connectivity index (χ0) is 18.1. The van der Waals surface area contributed by atoms with Gasteiger partial charge in [-0.1, -0.05) is 33.6 Å². The molecule has 0 fully saturated rings. The van der Waals surface area contributed by atoms with Crippen LogP contribution in [-0.2, 0) is 9.53 Å². The van der Waals surface area contributed by atoms with Gasteiger partial charge >= 0.3 is 5.97 Å². The van der Waals surface area contributed by atoms with Crippen LogP contribution in [0.15, 0.2) is 46.9 Å². The molecule has 0 aliphatic carbocycles. The monoisotopic (exact) mass is 401 g/mol. The molecule has 0 radical (unpaired) electrons. The summed E-state index contributed by atoms with van der Waals surface area (Å²) in [5.41, 5.74) is 3.40. The lowest BCUT2D eigenvalue weighted by Gasteiger charge is -2.39. The average molecular weight is 402 g/mol. The number of fused-ring (bicyclic) bond motifs is 1. The molecule has 2 aromatic rings. The molecule has 1 aliphatic rings. The number of esters is 1. The second-order valence-electron chi connectivity index (χ2n) is 6.43. The number of hydrogen-bond donors (Lipinski definition) is 0. The second kappa shape index (κ2) is 7.00. The molecule has 25 heavy (non-hydrogen) atoms. The number of carbonyl (C=O) groups is 2. The average Bonchev–Trinajstić information content (AvgIpc) is 2.55. The van der Waals surface area contributed by atoms with Gasteiger partial charge in [-0.2, -0.15) is 0 Å². The van der Waals surface area contributed by atoms with E-state index in [0.717, 1.165) is 21.3 Å². The van der Waals surface area contributed by atoms with Gasteiger partial charge in [0.15, 0.2) is 0 Å². The van der Waals surface area contributed by atoms with Crippen LogP contribution in [0.25, 0.3) is 0 Å². The number of rotatable bonds is 2. The van der Waals surface area contributed by atoms with Gasteiger partial charge in [0.25, 0.3) is 5.91 Å². The van der Waals surface area contributed by atoms with E-state index in [0.29, 0.717) is 12.0 Å². The lowest BCUT2D eigenvalue weighted by atomic mass is 9.91. The first kappa shape index (κ1) is 17.7. The maximum absolute atomic E-state index is 13.1. The Labute approximate surface area is 155 Å². The van der Waals surface area contributed by atoms with Crippen molar-refractivity contribution in [3.63, 3.8) is 0 Å². The summed E-state index contributed by atoms with van der Waals surface area (Å²) >= 11 is 3.39. The van der Waals surface area contributed by atoms with E-state index in [1.165, 1.54) is 6.92 Å². The first-order valence-electron chi connectivity index (χ1n) is 8.23. The number of benzene rings is 2. The van der Waals surface area contributed by atoms with E-state index in [-0.39, 0.29) is 24.0 Å². The Balaban J connectivity index is 2.03. The lowest BCUT2D eigenvalue weighted by molar-refractivity contribution is -0.147. The third kappa shape index (κ3) is 3.61. The van der Waals surface area contributed by atoms with Crippen molar-refractivity contribution in [2.24, 2.45) is 0 Å². The summed E-state index contributed by atoms with van der Waals surface area (Å²) in [6.45, 7) is 5.39. The summed E-state index contributed by atoms with van der Waals surface area (Å²) in [7, 11) is 0. The summed E-state index contributed by atoms with van der Waals surface area (Å²) in [5.74, 6) is -0.358. The van der Waals surface area contributed by atoms with Crippen molar-refractivity contribution in [2.45, 2.75) is 39.3 Å². The van der Waals surface area contributed by atoms with Crippen molar-refractivity contribution in [1.29, 1.82) is 0 Å². The number of anilines is 1. The molecule has 3 rings (SSSR count). The number of aryl methyl sites for hydroxylation is 1. The van der Waals surface area contributed by atoms with E-state index < -0.39 is 0 Å². The lowest BCUT2D eigenvalue weighted by Crippen LogP contribution is -2.43. The molecule has 130 valence electrons. The second-order valence-corrected chi connectivity index (χ2v) is 7.34. The maximum Gasteiger partial charge on any atom is 0.303 e. The summed E-state index contributed by atoms with van der Waals surface area (Å²) < 4.78 is 6.44.